The van der Waals surface area contributed by atoms with E-state index >= 15 is 0 Å². The molecule has 29 heavy (non-hydrogen) atoms. The molecule has 1 heterocycles. The minimum atomic E-state index is -3.60. The highest BCUT2D eigenvalue weighted by molar-refractivity contribution is 7.89. The summed E-state index contributed by atoms with van der Waals surface area (Å²) in [7, 11) is -1.52. The van der Waals surface area contributed by atoms with Gasteiger partial charge in [-0.05, 0) is 62.2 Å². The van der Waals surface area contributed by atoms with Crippen LogP contribution >= 0.6 is 0 Å². The molecule has 4 aliphatic rings. The molecule has 1 amide bonds. The Morgan fingerprint density at radius 1 is 0.966 bits per heavy atom. The third-order valence-electron chi connectivity index (χ3n) is 6.87. The minimum Gasteiger partial charge on any atom is -0.341 e. The molecule has 3 saturated carbocycles. The van der Waals surface area contributed by atoms with Crippen molar-refractivity contribution in [1.29, 1.82) is 0 Å². The Hall–Kier alpha value is -1.96. The molecule has 2 aromatic carbocycles. The second-order valence-corrected chi connectivity index (χ2v) is 10.8. The van der Waals surface area contributed by atoms with E-state index in [-0.39, 0.29) is 16.2 Å². The smallest absolute Gasteiger partial charge is 0.241 e. The summed E-state index contributed by atoms with van der Waals surface area (Å²) in [5.74, 6) is 0.222. The Morgan fingerprint density at radius 2 is 1.69 bits per heavy atom. The van der Waals surface area contributed by atoms with Crippen LogP contribution in [0, 0.1) is 5.41 Å². The lowest BCUT2D eigenvalue weighted by Gasteiger charge is -2.69. The van der Waals surface area contributed by atoms with Crippen LogP contribution in [0.3, 0.4) is 0 Å². The Morgan fingerprint density at radius 3 is 2.45 bits per heavy atom. The van der Waals surface area contributed by atoms with E-state index in [9.17, 15) is 13.2 Å². The van der Waals surface area contributed by atoms with E-state index in [1.54, 1.807) is 12.1 Å². The second-order valence-electron chi connectivity index (χ2n) is 9.15. The molecule has 0 unspecified atom stereocenters. The topological polar surface area (TPSA) is 69.7 Å². The molecule has 154 valence electrons. The van der Waals surface area contributed by atoms with E-state index in [1.807, 2.05) is 35.2 Å². The molecule has 0 atom stereocenters. The van der Waals surface area contributed by atoms with E-state index in [0.29, 0.717) is 19.3 Å². The molecule has 3 aliphatic carbocycles. The van der Waals surface area contributed by atoms with Gasteiger partial charge in [0.25, 0.3) is 0 Å². The van der Waals surface area contributed by atoms with Gasteiger partial charge in [-0.25, -0.2) is 13.1 Å². The highest BCUT2D eigenvalue weighted by atomic mass is 32.2. The third kappa shape index (κ3) is 3.16. The molecule has 6 nitrogen and oxygen atoms in total. The first kappa shape index (κ1) is 19.0. The van der Waals surface area contributed by atoms with Gasteiger partial charge >= 0.3 is 0 Å². The van der Waals surface area contributed by atoms with Crippen molar-refractivity contribution in [1.82, 2.24) is 14.5 Å². The maximum Gasteiger partial charge on any atom is 0.241 e. The number of likely N-dealkylation sites (N-methyl/N-ethyl adjacent to an activating group) is 1. The van der Waals surface area contributed by atoms with Crippen molar-refractivity contribution in [2.45, 2.75) is 36.1 Å². The summed E-state index contributed by atoms with van der Waals surface area (Å²) in [6, 6.07) is 13.0. The van der Waals surface area contributed by atoms with E-state index < -0.39 is 15.6 Å². The van der Waals surface area contributed by atoms with E-state index in [0.717, 1.165) is 43.4 Å². The molecule has 7 heteroatoms. The van der Waals surface area contributed by atoms with Crippen LogP contribution < -0.4 is 4.72 Å². The first-order valence-electron chi connectivity index (χ1n) is 10.3. The summed E-state index contributed by atoms with van der Waals surface area (Å²) in [6.07, 6.45) is 2.87. The third-order valence-corrected chi connectivity index (χ3v) is 8.45. The maximum atomic E-state index is 13.1. The Balaban J connectivity index is 1.26. The maximum absolute atomic E-state index is 13.1. The average Bonchev–Trinajstić information content (AvgIpc) is 2.87. The van der Waals surface area contributed by atoms with Gasteiger partial charge in [-0.15, -0.1) is 0 Å². The highest BCUT2D eigenvalue weighted by Crippen LogP contribution is 2.68. The van der Waals surface area contributed by atoms with Crippen molar-refractivity contribution < 1.29 is 13.2 Å². The minimum absolute atomic E-state index is 0.222. The lowest BCUT2D eigenvalue weighted by molar-refractivity contribution is -0.187. The standard InChI is InChI=1S/C22H27N3O3S/c1-24-9-4-10-25(12-11-24)20(26)21-14-22(15-21,16-21)23-29(27,28)19-8-7-17-5-2-3-6-18(17)13-19/h2-3,5-8,13,23H,4,9-12,14-16H2,1H3. The number of nitrogens with zero attached hydrogens (tertiary/aromatic N) is 2. The monoisotopic (exact) mass is 413 g/mol. The molecule has 2 aromatic rings. The second kappa shape index (κ2) is 6.52. The van der Waals surface area contributed by atoms with Crippen molar-refractivity contribution in [3.05, 3.63) is 42.5 Å². The summed E-state index contributed by atoms with van der Waals surface area (Å²) >= 11 is 0. The number of hydrogen-bond donors (Lipinski definition) is 1. The van der Waals surface area contributed by atoms with Gasteiger partial charge in [-0.1, -0.05) is 30.3 Å². The molecule has 2 bridgehead atoms. The lowest BCUT2D eigenvalue weighted by atomic mass is 9.39. The van der Waals surface area contributed by atoms with E-state index in [4.69, 9.17) is 0 Å². The molecular weight excluding hydrogens is 386 g/mol. The van der Waals surface area contributed by atoms with Crippen molar-refractivity contribution in [3.63, 3.8) is 0 Å². The predicted octanol–water partition coefficient (Wildman–Crippen LogP) is 2.20. The molecule has 1 aliphatic heterocycles. The van der Waals surface area contributed by atoms with Crippen LogP contribution in [0.4, 0.5) is 0 Å². The summed E-state index contributed by atoms with van der Waals surface area (Å²) < 4.78 is 28.8. The van der Waals surface area contributed by atoms with Gasteiger partial charge in [0.15, 0.2) is 0 Å². The Bertz CT molecular complexity index is 1060. The van der Waals surface area contributed by atoms with Crippen molar-refractivity contribution in [2.75, 3.05) is 33.2 Å². The molecule has 1 saturated heterocycles. The van der Waals surface area contributed by atoms with E-state index in [1.165, 1.54) is 0 Å². The van der Waals surface area contributed by atoms with Gasteiger partial charge in [-0.2, -0.15) is 0 Å². The number of amides is 1. The number of carbonyl (C=O) groups is 1. The Kier molecular flexibility index (Phi) is 4.28. The number of hydrogen-bond acceptors (Lipinski definition) is 4. The SMILES string of the molecule is CN1CCCN(C(=O)C23CC(NS(=O)(=O)c4ccc5ccccc5c4)(C2)C3)CC1. The van der Waals surface area contributed by atoms with Crippen LogP contribution in [0.5, 0.6) is 0 Å². The largest absolute Gasteiger partial charge is 0.341 e. The fourth-order valence-corrected chi connectivity index (χ4v) is 6.82. The molecule has 1 N–H and O–H groups in total. The number of fused-ring (bicyclic) bond motifs is 1. The quantitative estimate of drug-likeness (QED) is 0.834. The van der Waals surface area contributed by atoms with Crippen LogP contribution in [0.15, 0.2) is 47.4 Å². The lowest BCUT2D eigenvalue weighted by Crippen LogP contribution is -2.78. The van der Waals surface area contributed by atoms with Gasteiger partial charge < -0.3 is 9.80 Å². The number of rotatable bonds is 4. The highest BCUT2D eigenvalue weighted by Gasteiger charge is 2.73. The first-order valence-corrected chi connectivity index (χ1v) is 11.8. The molecule has 6 rings (SSSR count). The number of nitrogens with one attached hydrogen (secondary N) is 1. The summed E-state index contributed by atoms with van der Waals surface area (Å²) in [5, 5.41) is 1.93. The molecule has 4 fully saturated rings. The van der Waals surface area contributed by atoms with E-state index in [2.05, 4.69) is 16.7 Å². The average molecular weight is 414 g/mol. The zero-order valence-corrected chi connectivity index (χ0v) is 17.5. The molecule has 0 radical (unpaired) electrons. The van der Waals surface area contributed by atoms with Gasteiger partial charge in [0.05, 0.1) is 10.3 Å². The summed E-state index contributed by atoms with van der Waals surface area (Å²) in [4.78, 5) is 17.6. The van der Waals surface area contributed by atoms with Gasteiger partial charge in [0.1, 0.15) is 0 Å². The molecule has 0 spiro atoms. The first-order chi connectivity index (χ1) is 13.8. The van der Waals surface area contributed by atoms with Gasteiger partial charge in [0.2, 0.25) is 15.9 Å². The van der Waals surface area contributed by atoms with Gasteiger partial charge in [-0.3, -0.25) is 4.79 Å². The molecule has 0 aromatic heterocycles. The molecular formula is C22H27N3O3S. The zero-order valence-electron chi connectivity index (χ0n) is 16.7. The van der Waals surface area contributed by atoms with Crippen molar-refractivity contribution in [2.24, 2.45) is 5.41 Å². The van der Waals surface area contributed by atoms with Gasteiger partial charge in [0, 0.05) is 25.2 Å². The number of sulfonamides is 1. The predicted molar refractivity (Wildman–Crippen MR) is 112 cm³/mol. The fourth-order valence-electron chi connectivity index (χ4n) is 5.39. The number of carbonyl (C=O) groups excluding carboxylic acids is 1. The van der Waals surface area contributed by atoms with Crippen LogP contribution in [0.2, 0.25) is 0 Å². The normalized spacial score (nSPS) is 29.8. The number of benzene rings is 2. The van der Waals surface area contributed by atoms with Crippen LogP contribution in [0.25, 0.3) is 10.8 Å². The Labute approximate surface area is 171 Å². The van der Waals surface area contributed by atoms with Crippen LogP contribution in [-0.2, 0) is 14.8 Å². The summed E-state index contributed by atoms with van der Waals surface area (Å²) in [5.41, 5.74) is -0.780. The zero-order chi connectivity index (χ0) is 20.3. The summed E-state index contributed by atoms with van der Waals surface area (Å²) in [6.45, 7) is 3.50. The van der Waals surface area contributed by atoms with Crippen LogP contribution in [0.1, 0.15) is 25.7 Å². The van der Waals surface area contributed by atoms with Crippen molar-refractivity contribution >= 4 is 26.7 Å². The van der Waals surface area contributed by atoms with Crippen molar-refractivity contribution in [3.8, 4) is 0 Å². The fraction of sp³-hybridized carbons (Fsp3) is 0.500. The van der Waals surface area contributed by atoms with Crippen LogP contribution in [-0.4, -0.2) is 62.9 Å².